The maximum absolute atomic E-state index is 6.16. The second-order valence-corrected chi connectivity index (χ2v) is 5.17. The minimum absolute atomic E-state index is 0.489. The van der Waals surface area contributed by atoms with E-state index in [0.717, 1.165) is 15.1 Å². The number of hydrogen-bond acceptors (Lipinski definition) is 4. The Morgan fingerprint density at radius 3 is 2.67 bits per heavy atom. The van der Waals surface area contributed by atoms with E-state index in [2.05, 4.69) is 27.4 Å². The molecule has 0 aliphatic rings. The zero-order valence-corrected chi connectivity index (χ0v) is 11.2. The van der Waals surface area contributed by atoms with E-state index in [4.69, 9.17) is 11.6 Å². The minimum atomic E-state index is 0.489. The summed E-state index contributed by atoms with van der Waals surface area (Å²) >= 11 is 7.78. The predicted molar refractivity (Wildman–Crippen MR) is 77.4 cm³/mol. The third kappa shape index (κ3) is 1.94. The molecule has 0 aliphatic carbocycles. The van der Waals surface area contributed by atoms with Crippen LogP contribution in [0.3, 0.4) is 0 Å². The topological polar surface area (TPSA) is 37.8 Å². The van der Waals surface area contributed by atoms with Crippen LogP contribution in [-0.4, -0.2) is 17.0 Å². The molecule has 0 radical (unpaired) electrons. The first kappa shape index (κ1) is 11.4. The van der Waals surface area contributed by atoms with Crippen molar-refractivity contribution in [3.63, 3.8) is 0 Å². The highest BCUT2D eigenvalue weighted by atomic mass is 35.5. The maximum atomic E-state index is 6.16. The molecule has 2 heterocycles. The van der Waals surface area contributed by atoms with Gasteiger partial charge in [-0.15, -0.1) is 11.3 Å². The van der Waals surface area contributed by atoms with Crippen molar-refractivity contribution < 1.29 is 0 Å². The molecule has 2 aromatic heterocycles. The molecule has 0 saturated carbocycles. The van der Waals surface area contributed by atoms with E-state index in [1.807, 2.05) is 24.3 Å². The number of fused-ring (bicyclic) bond motifs is 1. The van der Waals surface area contributed by atoms with Gasteiger partial charge in [-0.2, -0.15) is 0 Å². The molecule has 0 spiro atoms. The quantitative estimate of drug-likeness (QED) is 0.717. The molecule has 3 aromatic rings. The van der Waals surface area contributed by atoms with Crippen molar-refractivity contribution in [3.8, 4) is 10.4 Å². The summed E-state index contributed by atoms with van der Waals surface area (Å²) in [6.45, 7) is 0. The molecule has 1 N–H and O–H groups in total. The predicted octanol–water partition coefficient (Wildman–Crippen LogP) is 4.05. The number of aromatic nitrogens is 2. The largest absolute Gasteiger partial charge is 0.357 e. The molecule has 90 valence electrons. The maximum Gasteiger partial charge on any atom is 0.225 e. The van der Waals surface area contributed by atoms with Crippen LogP contribution < -0.4 is 5.32 Å². The average molecular weight is 276 g/mol. The van der Waals surface area contributed by atoms with Gasteiger partial charge in [-0.25, -0.2) is 9.97 Å². The smallest absolute Gasteiger partial charge is 0.225 e. The van der Waals surface area contributed by atoms with Gasteiger partial charge >= 0.3 is 0 Å². The number of nitrogens with zero attached hydrogens (tertiary/aromatic N) is 2. The van der Waals surface area contributed by atoms with Crippen LogP contribution in [0.4, 0.5) is 5.95 Å². The third-order valence-corrected chi connectivity index (χ3v) is 3.99. The lowest BCUT2D eigenvalue weighted by Gasteiger charge is -1.98. The molecular formula is C13H10ClN3S. The molecule has 1 aromatic carbocycles. The summed E-state index contributed by atoms with van der Waals surface area (Å²) in [5, 5.41) is 4.30. The van der Waals surface area contributed by atoms with Crippen LogP contribution in [0.15, 0.2) is 36.4 Å². The van der Waals surface area contributed by atoms with E-state index in [-0.39, 0.29) is 0 Å². The summed E-state index contributed by atoms with van der Waals surface area (Å²) in [6, 6.07) is 12.2. The number of rotatable bonds is 2. The fourth-order valence-corrected chi connectivity index (χ4v) is 3.06. The number of hydrogen-bond donors (Lipinski definition) is 1. The van der Waals surface area contributed by atoms with Crippen LogP contribution in [-0.2, 0) is 0 Å². The zero-order chi connectivity index (χ0) is 12.5. The van der Waals surface area contributed by atoms with Gasteiger partial charge in [0.25, 0.3) is 0 Å². The normalized spacial score (nSPS) is 10.8. The van der Waals surface area contributed by atoms with Crippen molar-refractivity contribution in [2.75, 3.05) is 12.4 Å². The Hall–Kier alpha value is -1.65. The first-order chi connectivity index (χ1) is 8.78. The van der Waals surface area contributed by atoms with Crippen LogP contribution in [0.1, 0.15) is 0 Å². The summed E-state index contributed by atoms with van der Waals surface area (Å²) in [6.07, 6.45) is 0. The van der Waals surface area contributed by atoms with Gasteiger partial charge in [0.15, 0.2) is 0 Å². The Morgan fingerprint density at radius 2 is 1.94 bits per heavy atom. The van der Waals surface area contributed by atoms with Gasteiger partial charge in [0.05, 0.1) is 0 Å². The van der Waals surface area contributed by atoms with Gasteiger partial charge in [0, 0.05) is 17.3 Å². The monoisotopic (exact) mass is 275 g/mol. The van der Waals surface area contributed by atoms with Crippen molar-refractivity contribution in [1.29, 1.82) is 0 Å². The first-order valence-electron chi connectivity index (χ1n) is 5.48. The van der Waals surface area contributed by atoms with Gasteiger partial charge in [-0.05, 0) is 11.6 Å². The fourth-order valence-electron chi connectivity index (χ4n) is 1.74. The molecule has 3 rings (SSSR count). The van der Waals surface area contributed by atoms with Gasteiger partial charge in [0.1, 0.15) is 9.98 Å². The molecule has 0 fully saturated rings. The van der Waals surface area contributed by atoms with Gasteiger partial charge in [0.2, 0.25) is 5.95 Å². The molecule has 5 heteroatoms. The van der Waals surface area contributed by atoms with Crippen LogP contribution in [0, 0.1) is 0 Å². The molecule has 3 nitrogen and oxygen atoms in total. The van der Waals surface area contributed by atoms with E-state index in [0.29, 0.717) is 11.1 Å². The van der Waals surface area contributed by atoms with Crippen molar-refractivity contribution >= 4 is 39.1 Å². The van der Waals surface area contributed by atoms with Gasteiger partial charge < -0.3 is 5.32 Å². The van der Waals surface area contributed by atoms with Crippen molar-refractivity contribution in [1.82, 2.24) is 9.97 Å². The average Bonchev–Trinajstić information content (AvgIpc) is 2.84. The number of halogens is 1. The summed E-state index contributed by atoms with van der Waals surface area (Å²) in [5.41, 5.74) is 1.17. The zero-order valence-electron chi connectivity index (χ0n) is 9.64. The van der Waals surface area contributed by atoms with E-state index in [9.17, 15) is 0 Å². The standard InChI is InChI=1S/C13H10ClN3S/c1-15-13-16-11(14)9-7-10(18-12(9)17-13)8-5-3-2-4-6-8/h2-7H,1H3,(H,15,16,17). The second-order valence-electron chi connectivity index (χ2n) is 3.78. The van der Waals surface area contributed by atoms with Crippen molar-refractivity contribution in [3.05, 3.63) is 41.6 Å². The number of benzene rings is 1. The number of thiophene rings is 1. The Balaban J connectivity index is 2.20. The molecule has 18 heavy (non-hydrogen) atoms. The summed E-state index contributed by atoms with van der Waals surface area (Å²) in [5.74, 6) is 0.550. The molecule has 0 aliphatic heterocycles. The highest BCUT2D eigenvalue weighted by molar-refractivity contribution is 7.22. The Bertz CT molecular complexity index is 694. The highest BCUT2D eigenvalue weighted by Gasteiger charge is 2.10. The lowest BCUT2D eigenvalue weighted by Crippen LogP contribution is -1.95. The molecule has 0 bridgehead atoms. The Labute approximate surface area is 113 Å². The van der Waals surface area contributed by atoms with Crippen molar-refractivity contribution in [2.45, 2.75) is 0 Å². The van der Waals surface area contributed by atoms with Crippen molar-refractivity contribution in [2.24, 2.45) is 0 Å². The summed E-state index contributed by atoms with van der Waals surface area (Å²) in [4.78, 5) is 10.6. The number of anilines is 1. The second kappa shape index (κ2) is 4.55. The van der Waals surface area contributed by atoms with Crippen LogP contribution in [0.5, 0.6) is 0 Å². The lowest BCUT2D eigenvalue weighted by molar-refractivity contribution is 1.20. The SMILES string of the molecule is CNc1nc(Cl)c2cc(-c3ccccc3)sc2n1. The van der Waals surface area contributed by atoms with Crippen LogP contribution in [0.25, 0.3) is 20.7 Å². The van der Waals surface area contributed by atoms with E-state index >= 15 is 0 Å². The van der Waals surface area contributed by atoms with Crippen LogP contribution in [0.2, 0.25) is 5.15 Å². The molecular weight excluding hydrogens is 266 g/mol. The highest BCUT2D eigenvalue weighted by Crippen LogP contribution is 2.35. The van der Waals surface area contributed by atoms with E-state index < -0.39 is 0 Å². The third-order valence-electron chi connectivity index (χ3n) is 2.63. The van der Waals surface area contributed by atoms with Crippen LogP contribution >= 0.6 is 22.9 Å². The molecule has 0 unspecified atom stereocenters. The Kier molecular flexibility index (Phi) is 2.89. The molecule has 0 atom stereocenters. The molecule has 0 amide bonds. The summed E-state index contributed by atoms with van der Waals surface area (Å²) in [7, 11) is 1.78. The lowest BCUT2D eigenvalue weighted by atomic mass is 10.2. The Morgan fingerprint density at radius 1 is 1.17 bits per heavy atom. The fraction of sp³-hybridized carbons (Fsp3) is 0.0769. The van der Waals surface area contributed by atoms with Gasteiger partial charge in [-0.1, -0.05) is 41.9 Å². The van der Waals surface area contributed by atoms with E-state index in [1.54, 1.807) is 18.4 Å². The van der Waals surface area contributed by atoms with E-state index in [1.165, 1.54) is 5.56 Å². The van der Waals surface area contributed by atoms with Gasteiger partial charge in [-0.3, -0.25) is 0 Å². The minimum Gasteiger partial charge on any atom is -0.357 e. The first-order valence-corrected chi connectivity index (χ1v) is 6.67. The summed E-state index contributed by atoms with van der Waals surface area (Å²) < 4.78 is 0. The molecule has 0 saturated heterocycles. The number of nitrogens with one attached hydrogen (secondary N) is 1.